The molecule has 0 atom stereocenters. The van der Waals surface area contributed by atoms with Gasteiger partial charge in [-0.1, -0.05) is 0 Å². The van der Waals surface area contributed by atoms with Crippen LogP contribution in [-0.4, -0.2) is 47.8 Å². The second-order valence-electron chi connectivity index (χ2n) is 7.26. The van der Waals surface area contributed by atoms with E-state index in [2.05, 4.69) is 19.8 Å². The number of hydrogen-bond acceptors (Lipinski definition) is 3. The van der Waals surface area contributed by atoms with E-state index in [0.717, 1.165) is 29.8 Å². The summed E-state index contributed by atoms with van der Waals surface area (Å²) in [6.07, 6.45) is 2.72. The third kappa shape index (κ3) is 3.43. The Bertz CT molecular complexity index is 751. The van der Waals surface area contributed by atoms with Gasteiger partial charge >= 0.3 is 148 Å². The van der Waals surface area contributed by atoms with E-state index in [1.54, 1.807) is 7.11 Å². The van der Waals surface area contributed by atoms with Crippen molar-refractivity contribution in [2.45, 2.75) is 27.8 Å². The van der Waals surface area contributed by atoms with Crippen molar-refractivity contribution < 1.29 is 9.53 Å². The Labute approximate surface area is 147 Å². The van der Waals surface area contributed by atoms with Gasteiger partial charge in [-0.15, -0.1) is 0 Å². The fraction of sp³-hybridized carbons (Fsp3) is 0.368. The number of carbonyl (C=O) groups excluding carboxylic acids is 1. The van der Waals surface area contributed by atoms with Crippen LogP contribution in [0.25, 0.3) is 0 Å². The van der Waals surface area contributed by atoms with Crippen LogP contribution in [0, 0.1) is 0 Å². The first kappa shape index (κ1) is 17.3. The molecule has 2 heterocycles. The summed E-state index contributed by atoms with van der Waals surface area (Å²) in [5, 5.41) is 0. The first-order valence-corrected chi connectivity index (χ1v) is 18.3. The van der Waals surface area contributed by atoms with Crippen LogP contribution in [-0.2, 0) is 13.0 Å². The molecule has 0 aliphatic carbocycles. The van der Waals surface area contributed by atoms with Crippen LogP contribution in [0.5, 0.6) is 5.75 Å². The molecule has 0 N–H and O–H groups in total. The molecule has 0 unspecified atom stereocenters. The number of rotatable bonds is 4. The van der Waals surface area contributed by atoms with Crippen molar-refractivity contribution in [3.8, 4) is 5.75 Å². The maximum atomic E-state index is 12.9. The van der Waals surface area contributed by atoms with Crippen LogP contribution >= 0.6 is 0 Å². The Balaban J connectivity index is 1.84. The number of nitrogens with zero attached hydrogens (tertiary/aromatic N) is 2. The van der Waals surface area contributed by atoms with Crippen molar-refractivity contribution in [2.75, 3.05) is 13.7 Å². The molecule has 5 heteroatoms. The molecule has 3 rings (SSSR count). The quantitative estimate of drug-likeness (QED) is 0.700. The zero-order chi connectivity index (χ0) is 17.3. The van der Waals surface area contributed by atoms with Gasteiger partial charge in [-0.3, -0.25) is 0 Å². The second-order valence-corrected chi connectivity index (χ2v) is 21.5. The number of carbonyl (C=O) groups is 1. The fourth-order valence-corrected chi connectivity index (χ4v) is 7.86. The number of fused-ring (bicyclic) bond motifs is 1. The maximum absolute atomic E-state index is 12.9. The van der Waals surface area contributed by atoms with E-state index in [4.69, 9.17) is 4.74 Å². The summed E-state index contributed by atoms with van der Waals surface area (Å²) in [4.78, 5) is 26.5. The number of amides is 1. The molecule has 0 saturated carbocycles. The van der Waals surface area contributed by atoms with Gasteiger partial charge in [0.25, 0.3) is 0 Å². The Hall–Kier alpha value is -1.56. The number of methoxy groups -OCH3 is 1. The molecule has 2 aromatic rings. The van der Waals surface area contributed by atoms with Gasteiger partial charge < -0.3 is 0 Å². The fourth-order valence-electron chi connectivity index (χ4n) is 3.21. The average Bonchev–Trinajstić information content (AvgIpc) is 2.57. The number of ether oxygens (including phenoxy) is 1. The summed E-state index contributed by atoms with van der Waals surface area (Å²) in [6.45, 7) is 1.40. The first-order valence-electron chi connectivity index (χ1n) is 8.30. The monoisotopic (exact) mass is 432 g/mol. The molecule has 0 spiro atoms. The van der Waals surface area contributed by atoms with Crippen molar-refractivity contribution in [2.24, 2.45) is 0 Å². The molecule has 1 aromatic carbocycles. The van der Waals surface area contributed by atoms with Gasteiger partial charge in [0.1, 0.15) is 0 Å². The topological polar surface area (TPSA) is 42.4 Å². The molecule has 126 valence electrons. The van der Waals surface area contributed by atoms with Gasteiger partial charge in [0.05, 0.1) is 0 Å². The molecule has 0 fully saturated rings. The Kier molecular flexibility index (Phi) is 4.85. The van der Waals surface area contributed by atoms with E-state index in [-0.39, 0.29) is 5.91 Å². The Morgan fingerprint density at radius 1 is 1.17 bits per heavy atom. The third-order valence-corrected chi connectivity index (χ3v) is 9.73. The van der Waals surface area contributed by atoms with E-state index in [0.29, 0.717) is 6.54 Å². The van der Waals surface area contributed by atoms with E-state index < -0.39 is 18.4 Å². The summed E-state index contributed by atoms with van der Waals surface area (Å²) >= 11 is -2.31. The summed E-state index contributed by atoms with van der Waals surface area (Å²) in [5.74, 6) is 0.966. The molecule has 0 radical (unpaired) electrons. The summed E-state index contributed by atoms with van der Waals surface area (Å²) < 4.78 is 6.44. The predicted octanol–water partition coefficient (Wildman–Crippen LogP) is 2.83. The van der Waals surface area contributed by atoms with Crippen LogP contribution in [0.1, 0.15) is 21.5 Å². The van der Waals surface area contributed by atoms with Gasteiger partial charge in [0.2, 0.25) is 0 Å². The van der Waals surface area contributed by atoms with E-state index in [1.165, 1.54) is 9.27 Å². The van der Waals surface area contributed by atoms with Crippen LogP contribution in [0.2, 0.25) is 14.8 Å². The van der Waals surface area contributed by atoms with Gasteiger partial charge in [-0.2, -0.15) is 0 Å². The molecule has 24 heavy (non-hydrogen) atoms. The first-order chi connectivity index (χ1) is 11.4. The molecular weight excluding hydrogens is 407 g/mol. The zero-order valence-electron chi connectivity index (χ0n) is 14.8. The van der Waals surface area contributed by atoms with Crippen molar-refractivity contribution in [3.63, 3.8) is 0 Å². The van der Waals surface area contributed by atoms with Crippen molar-refractivity contribution in [1.82, 2.24) is 9.88 Å². The van der Waals surface area contributed by atoms with Gasteiger partial charge in [0.15, 0.2) is 0 Å². The molecular formula is C19H24N2O2Sn. The van der Waals surface area contributed by atoms with Crippen LogP contribution in [0.15, 0.2) is 36.5 Å². The molecule has 1 aromatic heterocycles. The van der Waals surface area contributed by atoms with E-state index >= 15 is 0 Å². The Morgan fingerprint density at radius 2 is 1.88 bits per heavy atom. The van der Waals surface area contributed by atoms with E-state index in [1.807, 2.05) is 41.4 Å². The minimum atomic E-state index is -2.31. The normalized spacial score (nSPS) is 14.5. The molecule has 4 nitrogen and oxygen atoms in total. The zero-order valence-corrected chi connectivity index (χ0v) is 17.7. The number of pyridine rings is 1. The predicted molar refractivity (Wildman–Crippen MR) is 98.7 cm³/mol. The van der Waals surface area contributed by atoms with Gasteiger partial charge in [0, 0.05) is 0 Å². The van der Waals surface area contributed by atoms with Gasteiger partial charge in [-0.25, -0.2) is 0 Å². The summed E-state index contributed by atoms with van der Waals surface area (Å²) in [7, 11) is 1.66. The SMILES string of the molecule is COc1ccc(CN2CCc3c(ccn[c]3[Sn]([CH3])([CH3])[CH3])C2=O)cc1. The van der Waals surface area contributed by atoms with E-state index in [9.17, 15) is 4.79 Å². The molecule has 1 aliphatic heterocycles. The average molecular weight is 431 g/mol. The third-order valence-electron chi connectivity index (χ3n) is 4.45. The summed E-state index contributed by atoms with van der Waals surface area (Å²) in [5.41, 5.74) is 3.18. The molecule has 1 aliphatic rings. The van der Waals surface area contributed by atoms with Crippen LogP contribution < -0.4 is 8.45 Å². The van der Waals surface area contributed by atoms with Gasteiger partial charge in [-0.05, 0) is 0 Å². The number of benzene rings is 1. The molecule has 1 amide bonds. The molecule has 0 saturated heterocycles. The van der Waals surface area contributed by atoms with Crippen molar-refractivity contribution in [1.29, 1.82) is 0 Å². The van der Waals surface area contributed by atoms with Crippen molar-refractivity contribution in [3.05, 3.63) is 53.2 Å². The number of hydrogen-bond donors (Lipinski definition) is 0. The second kappa shape index (κ2) is 6.74. The number of aromatic nitrogens is 1. The van der Waals surface area contributed by atoms with Crippen LogP contribution in [0.4, 0.5) is 0 Å². The van der Waals surface area contributed by atoms with Crippen LogP contribution in [0.3, 0.4) is 0 Å². The Morgan fingerprint density at radius 3 is 2.50 bits per heavy atom. The molecule has 0 bridgehead atoms. The minimum absolute atomic E-state index is 0.131. The summed E-state index contributed by atoms with van der Waals surface area (Å²) in [6, 6.07) is 9.80. The van der Waals surface area contributed by atoms with Crippen molar-refractivity contribution >= 4 is 28.0 Å². The standard InChI is InChI=1S/C16H15N2O2.3CH3.Sn/c1-20-14-4-2-12(3-5-14)11-18-9-7-13-10-17-8-6-15(13)16(18)19;;;;/h2-6,8H,7,9,11H2,1H3;3*1H3;.